The summed E-state index contributed by atoms with van der Waals surface area (Å²) in [6.45, 7) is 12.9. The molecule has 0 spiro atoms. The van der Waals surface area contributed by atoms with Crippen LogP contribution in [0.15, 0.2) is 38.5 Å². The van der Waals surface area contributed by atoms with Gasteiger partial charge in [0.15, 0.2) is 24.4 Å². The number of rotatable bonds is 9. The van der Waals surface area contributed by atoms with E-state index in [0.29, 0.717) is 14.8 Å². The summed E-state index contributed by atoms with van der Waals surface area (Å²) in [5.41, 5.74) is -2.34. The fourth-order valence-corrected chi connectivity index (χ4v) is 4.60. The number of carbonyl (C=O) groups excluding carboxylic acids is 2. The van der Waals surface area contributed by atoms with Crippen LogP contribution in [-0.4, -0.2) is 61.0 Å². The number of nitriles is 1. The highest BCUT2D eigenvalue weighted by molar-refractivity contribution is 6.37. The molecule has 46 heavy (non-hydrogen) atoms. The first-order chi connectivity index (χ1) is 21.5. The SMILES string of the molecule is CC(C)OC(=O)OC(C)N1N=C(Oc2c(Cl)cc(-n3nc(C#N)c(=O)n(C(C)OC(=O)C(C)C)c3=O)cc2Cl)C=C(C(C)C)C1O. The summed E-state index contributed by atoms with van der Waals surface area (Å²) in [6.07, 6.45) is -3.64. The Labute approximate surface area is 274 Å². The summed E-state index contributed by atoms with van der Waals surface area (Å²) in [7, 11) is 0. The molecule has 1 aromatic heterocycles. The molecule has 0 aliphatic carbocycles. The van der Waals surface area contributed by atoms with E-state index in [1.807, 2.05) is 13.8 Å². The van der Waals surface area contributed by atoms with E-state index in [4.69, 9.17) is 42.1 Å². The summed E-state index contributed by atoms with van der Waals surface area (Å²) in [4.78, 5) is 50.4. The van der Waals surface area contributed by atoms with Gasteiger partial charge in [0, 0.05) is 6.08 Å². The average Bonchev–Trinajstić information content (AvgIpc) is 2.94. The van der Waals surface area contributed by atoms with E-state index in [2.05, 4.69) is 10.2 Å². The molecule has 15 nitrogen and oxygen atoms in total. The third-order valence-electron chi connectivity index (χ3n) is 6.36. The predicted octanol–water partition coefficient (Wildman–Crippen LogP) is 4.11. The van der Waals surface area contributed by atoms with Gasteiger partial charge < -0.3 is 24.1 Å². The van der Waals surface area contributed by atoms with Gasteiger partial charge in [-0.3, -0.25) is 9.59 Å². The molecule has 0 saturated carbocycles. The molecule has 1 aliphatic rings. The molecule has 3 unspecified atom stereocenters. The highest BCUT2D eigenvalue weighted by Gasteiger charge is 2.33. The lowest BCUT2D eigenvalue weighted by Crippen LogP contribution is -2.45. The number of aliphatic hydroxyl groups is 1. The van der Waals surface area contributed by atoms with Gasteiger partial charge >= 0.3 is 17.8 Å². The number of esters is 1. The average molecular weight is 682 g/mol. The van der Waals surface area contributed by atoms with E-state index in [1.54, 1.807) is 33.8 Å². The molecule has 1 aromatic carbocycles. The number of hydrazone groups is 1. The molecule has 0 radical (unpaired) electrons. The van der Waals surface area contributed by atoms with E-state index in [-0.39, 0.29) is 33.3 Å². The third-order valence-corrected chi connectivity index (χ3v) is 6.92. The highest BCUT2D eigenvalue weighted by atomic mass is 35.5. The molecule has 0 amide bonds. The van der Waals surface area contributed by atoms with Crippen LogP contribution in [0.3, 0.4) is 0 Å². The molecule has 248 valence electrons. The maximum Gasteiger partial charge on any atom is 0.510 e. The van der Waals surface area contributed by atoms with Gasteiger partial charge in [0.1, 0.15) is 6.07 Å². The minimum Gasteiger partial charge on any atom is -0.441 e. The van der Waals surface area contributed by atoms with Crippen LogP contribution in [-0.2, 0) is 19.0 Å². The van der Waals surface area contributed by atoms with Crippen molar-refractivity contribution in [2.75, 3.05) is 0 Å². The van der Waals surface area contributed by atoms with Gasteiger partial charge in [0.25, 0.3) is 5.56 Å². The number of aliphatic hydroxyl groups excluding tert-OH is 1. The summed E-state index contributed by atoms with van der Waals surface area (Å²) in [6, 6.07) is 4.12. The lowest BCUT2D eigenvalue weighted by molar-refractivity contribution is -0.156. The Hall–Kier alpha value is -4.39. The van der Waals surface area contributed by atoms with Crippen molar-refractivity contribution < 1.29 is 33.6 Å². The van der Waals surface area contributed by atoms with Crippen molar-refractivity contribution in [3.8, 4) is 17.5 Å². The van der Waals surface area contributed by atoms with Crippen molar-refractivity contribution in [2.24, 2.45) is 16.9 Å². The summed E-state index contributed by atoms with van der Waals surface area (Å²) in [5.74, 6) is -1.59. The zero-order chi connectivity index (χ0) is 34.6. The lowest BCUT2D eigenvalue weighted by Gasteiger charge is -2.35. The van der Waals surface area contributed by atoms with Crippen LogP contribution in [0.4, 0.5) is 4.79 Å². The normalized spacial score (nSPS) is 16.0. The van der Waals surface area contributed by atoms with Gasteiger partial charge in [-0.05, 0) is 51.3 Å². The van der Waals surface area contributed by atoms with Crippen molar-refractivity contribution in [3.63, 3.8) is 0 Å². The van der Waals surface area contributed by atoms with Crippen LogP contribution < -0.4 is 16.0 Å². The maximum atomic E-state index is 13.4. The van der Waals surface area contributed by atoms with Crippen LogP contribution >= 0.6 is 23.2 Å². The van der Waals surface area contributed by atoms with Crippen molar-refractivity contribution in [2.45, 2.75) is 80.2 Å². The van der Waals surface area contributed by atoms with Crippen molar-refractivity contribution in [3.05, 3.63) is 60.4 Å². The second-order valence-electron chi connectivity index (χ2n) is 11.0. The van der Waals surface area contributed by atoms with Crippen molar-refractivity contribution in [1.82, 2.24) is 19.4 Å². The van der Waals surface area contributed by atoms with Gasteiger partial charge in [-0.15, -0.1) is 10.2 Å². The van der Waals surface area contributed by atoms with Crippen LogP contribution in [0, 0.1) is 23.2 Å². The topological polar surface area (TPSA) is 188 Å². The monoisotopic (exact) mass is 680 g/mol. The Morgan fingerprint density at radius 3 is 2.11 bits per heavy atom. The minimum absolute atomic E-state index is 0.0493. The standard InChI is InChI=1S/C29H34Cl2N6O9/c1-13(2)19-11-23(34-36(25(19)38)17(8)45-29(42)43-15(5)6)46-24-20(30)9-18(10-21(24)31)37-28(41)35(26(39)22(12-32)33-37)16(7)44-27(40)14(3)4/h9-11,13-17,25,38H,1-8H3. The molecule has 0 bridgehead atoms. The fraction of sp³-hybridized carbons (Fsp3) is 0.483. The first-order valence-electron chi connectivity index (χ1n) is 14.1. The van der Waals surface area contributed by atoms with Gasteiger partial charge in [-0.2, -0.15) is 9.94 Å². The zero-order valence-corrected chi connectivity index (χ0v) is 27.9. The molecule has 0 saturated heterocycles. The Morgan fingerprint density at radius 1 is 0.978 bits per heavy atom. The Kier molecular flexibility index (Phi) is 11.6. The van der Waals surface area contributed by atoms with Gasteiger partial charge in [0.2, 0.25) is 11.6 Å². The van der Waals surface area contributed by atoms with Gasteiger partial charge in [-0.1, -0.05) is 50.9 Å². The van der Waals surface area contributed by atoms with E-state index in [9.17, 15) is 29.5 Å². The summed E-state index contributed by atoms with van der Waals surface area (Å²) >= 11 is 13.1. The first kappa shape index (κ1) is 36.1. The number of carbonyl (C=O) groups is 2. The summed E-state index contributed by atoms with van der Waals surface area (Å²) in [5, 5.41) is 29.4. The molecule has 1 aliphatic heterocycles. The zero-order valence-electron chi connectivity index (χ0n) is 26.3. The molecule has 1 N–H and O–H groups in total. The Balaban J connectivity index is 2.04. The van der Waals surface area contributed by atoms with E-state index < -0.39 is 59.8 Å². The van der Waals surface area contributed by atoms with Crippen molar-refractivity contribution >= 4 is 41.2 Å². The van der Waals surface area contributed by atoms with Crippen LogP contribution in [0.25, 0.3) is 5.69 Å². The second-order valence-corrected chi connectivity index (χ2v) is 11.8. The number of hydrogen-bond acceptors (Lipinski definition) is 13. The maximum absolute atomic E-state index is 13.4. The molecular formula is C29H34Cl2N6O9. The fourth-order valence-electron chi connectivity index (χ4n) is 4.05. The molecule has 3 atom stereocenters. The number of hydrogen-bond donors (Lipinski definition) is 1. The van der Waals surface area contributed by atoms with Crippen LogP contribution in [0.5, 0.6) is 5.75 Å². The van der Waals surface area contributed by atoms with E-state index >= 15 is 0 Å². The molecule has 2 heterocycles. The smallest absolute Gasteiger partial charge is 0.441 e. The molecule has 3 rings (SSSR count). The van der Waals surface area contributed by atoms with Gasteiger partial charge in [-0.25, -0.2) is 19.2 Å². The first-order valence-corrected chi connectivity index (χ1v) is 14.9. The van der Waals surface area contributed by atoms with E-state index in [1.165, 1.54) is 32.1 Å². The Morgan fingerprint density at radius 2 is 1.59 bits per heavy atom. The molecule has 0 fully saturated rings. The number of halogens is 2. The quantitative estimate of drug-likeness (QED) is 0.374. The number of nitrogens with zero attached hydrogens (tertiary/aromatic N) is 6. The number of aromatic nitrogens is 3. The lowest BCUT2D eigenvalue weighted by atomic mass is 10.00. The third kappa shape index (κ3) is 8.06. The van der Waals surface area contributed by atoms with Crippen LogP contribution in [0.2, 0.25) is 10.0 Å². The van der Waals surface area contributed by atoms with Crippen LogP contribution in [0.1, 0.15) is 67.3 Å². The number of benzene rings is 1. The Bertz CT molecular complexity index is 1700. The number of ether oxygens (including phenoxy) is 4. The second kappa shape index (κ2) is 14.8. The van der Waals surface area contributed by atoms with Gasteiger partial charge in [0.05, 0.1) is 27.8 Å². The molecule has 17 heteroatoms. The highest BCUT2D eigenvalue weighted by Crippen LogP contribution is 2.36. The summed E-state index contributed by atoms with van der Waals surface area (Å²) < 4.78 is 22.7. The van der Waals surface area contributed by atoms with Crippen molar-refractivity contribution in [1.29, 1.82) is 5.26 Å². The molecular weight excluding hydrogens is 647 g/mol. The molecule has 2 aromatic rings. The largest absolute Gasteiger partial charge is 0.510 e. The van der Waals surface area contributed by atoms with E-state index in [0.717, 1.165) is 5.01 Å². The minimum atomic E-state index is -1.37. The predicted molar refractivity (Wildman–Crippen MR) is 165 cm³/mol.